The van der Waals surface area contributed by atoms with E-state index in [-0.39, 0.29) is 37.3 Å². The van der Waals surface area contributed by atoms with Crippen LogP contribution in [0.3, 0.4) is 0 Å². The van der Waals surface area contributed by atoms with Crippen LogP contribution in [0.15, 0.2) is 42.5 Å². The number of amides is 1. The Labute approximate surface area is 176 Å². The Hall–Kier alpha value is -3.67. The summed E-state index contributed by atoms with van der Waals surface area (Å²) in [6.45, 7) is 0.503. The van der Waals surface area contributed by atoms with Crippen LogP contribution in [0.4, 0.5) is 11.4 Å². The number of carboxylic acids is 1. The van der Waals surface area contributed by atoms with Crippen LogP contribution in [-0.4, -0.2) is 50.9 Å². The highest BCUT2D eigenvalue weighted by molar-refractivity contribution is 7.59. The average Bonchev–Trinajstić information content (AvgIpc) is 3.15. The number of benzene rings is 2. The van der Waals surface area contributed by atoms with Crippen LogP contribution in [0, 0.1) is 20.2 Å². The molecule has 0 radical (unpaired) electrons. The molecule has 1 atom stereocenters. The molecule has 2 aromatic rings. The third-order valence-electron chi connectivity index (χ3n) is 4.41. The number of carbonyl (C=O) groups is 2. The number of hydrogen-bond donors (Lipinski definition) is 1. The summed E-state index contributed by atoms with van der Waals surface area (Å²) in [4.78, 5) is 45.4. The van der Waals surface area contributed by atoms with Crippen LogP contribution in [0.2, 0.25) is 0 Å². The van der Waals surface area contributed by atoms with E-state index < -0.39 is 33.1 Å². The van der Waals surface area contributed by atoms with Crippen molar-refractivity contribution in [2.75, 3.05) is 13.1 Å². The second kappa shape index (κ2) is 9.22. The van der Waals surface area contributed by atoms with E-state index in [1.165, 1.54) is 29.2 Å². The Morgan fingerprint density at radius 3 is 2.07 bits per heavy atom. The molecule has 1 amide bonds. The SMILES string of the molecule is O=C(O)c1ccc(O[C@H]2CCN(C(=O)c3cc([N+](=O)[O-])cc([N+](=O)[O-])c3)C2)cc1.S. The number of likely N-dealkylation sites (tertiary alicyclic amines) is 1. The molecule has 2 aromatic carbocycles. The lowest BCUT2D eigenvalue weighted by atomic mass is 10.1. The van der Waals surface area contributed by atoms with Gasteiger partial charge in [-0.25, -0.2) is 4.79 Å². The summed E-state index contributed by atoms with van der Waals surface area (Å²) in [5.74, 6) is -1.18. The Bertz CT molecular complexity index is 963. The van der Waals surface area contributed by atoms with Gasteiger partial charge in [-0.05, 0) is 24.3 Å². The normalized spacial score (nSPS) is 15.2. The fraction of sp³-hybridized carbons (Fsp3) is 0.222. The zero-order chi connectivity index (χ0) is 21.1. The fourth-order valence-corrected chi connectivity index (χ4v) is 2.99. The first kappa shape index (κ1) is 22.6. The fourth-order valence-electron chi connectivity index (χ4n) is 2.99. The summed E-state index contributed by atoms with van der Waals surface area (Å²) in [6.07, 6.45) is 0.131. The predicted octanol–water partition coefficient (Wildman–Crippen LogP) is 2.61. The maximum atomic E-state index is 12.7. The second-order valence-corrected chi connectivity index (χ2v) is 6.36. The Balaban J connectivity index is 0.00000320. The summed E-state index contributed by atoms with van der Waals surface area (Å²) in [5.41, 5.74) is -1.09. The molecule has 0 aliphatic carbocycles. The van der Waals surface area contributed by atoms with Crippen molar-refractivity contribution >= 4 is 36.7 Å². The number of nitrogens with zero attached hydrogens (tertiary/aromatic N) is 3. The molecule has 30 heavy (non-hydrogen) atoms. The molecule has 12 heteroatoms. The standard InChI is InChI=1S/C18H15N3O8.H2S/c22-17(12-7-13(20(25)26)9-14(8-12)21(27)28)19-6-5-16(10-19)29-15-3-1-11(2-4-15)18(23)24;/h1-4,7-9,16H,5-6,10H2,(H,23,24);1H2/t16-;/m0./s1. The lowest BCUT2D eigenvalue weighted by molar-refractivity contribution is -0.394. The number of hydrogen-bond acceptors (Lipinski definition) is 7. The number of nitro benzene ring substituents is 2. The van der Waals surface area contributed by atoms with E-state index in [2.05, 4.69) is 0 Å². The highest BCUT2D eigenvalue weighted by Crippen LogP contribution is 2.26. The van der Waals surface area contributed by atoms with Gasteiger partial charge in [0, 0.05) is 25.1 Å². The number of rotatable bonds is 6. The van der Waals surface area contributed by atoms with Gasteiger partial charge >= 0.3 is 5.97 Å². The van der Waals surface area contributed by atoms with E-state index in [4.69, 9.17) is 9.84 Å². The van der Waals surface area contributed by atoms with Crippen LogP contribution in [0.1, 0.15) is 27.1 Å². The molecular formula is C18H17N3O8S. The number of nitro groups is 2. The summed E-state index contributed by atoms with van der Waals surface area (Å²) in [5, 5.41) is 30.9. The predicted molar refractivity (Wildman–Crippen MR) is 108 cm³/mol. The number of carbonyl (C=O) groups excluding carboxylic acids is 1. The first-order valence-corrected chi connectivity index (χ1v) is 8.48. The summed E-state index contributed by atoms with van der Waals surface area (Å²) >= 11 is 0. The van der Waals surface area contributed by atoms with E-state index in [1.54, 1.807) is 0 Å². The van der Waals surface area contributed by atoms with Crippen molar-refractivity contribution < 1.29 is 29.3 Å². The van der Waals surface area contributed by atoms with Crippen molar-refractivity contribution in [2.24, 2.45) is 0 Å². The minimum absolute atomic E-state index is 0. The van der Waals surface area contributed by atoms with Crippen LogP contribution in [-0.2, 0) is 0 Å². The van der Waals surface area contributed by atoms with E-state index in [0.29, 0.717) is 18.7 Å². The van der Waals surface area contributed by atoms with Crippen molar-refractivity contribution in [3.05, 3.63) is 73.8 Å². The molecule has 0 aromatic heterocycles. The van der Waals surface area contributed by atoms with Crippen LogP contribution in [0.5, 0.6) is 5.75 Å². The molecule has 1 aliphatic heterocycles. The minimum atomic E-state index is -1.06. The zero-order valence-electron chi connectivity index (χ0n) is 15.4. The third-order valence-corrected chi connectivity index (χ3v) is 4.41. The summed E-state index contributed by atoms with van der Waals surface area (Å²) < 4.78 is 5.75. The lowest BCUT2D eigenvalue weighted by Gasteiger charge is -2.17. The molecule has 1 fully saturated rings. The molecule has 1 aliphatic rings. The average molecular weight is 435 g/mol. The Morgan fingerprint density at radius 1 is 1.00 bits per heavy atom. The first-order valence-electron chi connectivity index (χ1n) is 8.48. The van der Waals surface area contributed by atoms with Crippen LogP contribution in [0.25, 0.3) is 0 Å². The van der Waals surface area contributed by atoms with E-state index in [9.17, 15) is 29.8 Å². The monoisotopic (exact) mass is 435 g/mol. The Morgan fingerprint density at radius 2 is 1.57 bits per heavy atom. The molecule has 0 spiro atoms. The molecule has 1 saturated heterocycles. The molecule has 3 rings (SSSR count). The zero-order valence-corrected chi connectivity index (χ0v) is 16.4. The maximum absolute atomic E-state index is 12.7. The molecule has 158 valence electrons. The topological polar surface area (TPSA) is 153 Å². The van der Waals surface area contributed by atoms with Gasteiger partial charge in [-0.1, -0.05) is 0 Å². The first-order chi connectivity index (χ1) is 13.7. The van der Waals surface area contributed by atoms with E-state index in [0.717, 1.165) is 18.2 Å². The van der Waals surface area contributed by atoms with Crippen molar-refractivity contribution in [1.82, 2.24) is 4.90 Å². The maximum Gasteiger partial charge on any atom is 0.335 e. The van der Waals surface area contributed by atoms with Crippen LogP contribution < -0.4 is 4.74 Å². The molecule has 1 heterocycles. The van der Waals surface area contributed by atoms with Gasteiger partial charge in [0.2, 0.25) is 0 Å². The van der Waals surface area contributed by atoms with Crippen molar-refractivity contribution in [1.29, 1.82) is 0 Å². The van der Waals surface area contributed by atoms with Gasteiger partial charge in [-0.15, -0.1) is 0 Å². The van der Waals surface area contributed by atoms with Crippen molar-refractivity contribution in [3.8, 4) is 5.75 Å². The van der Waals surface area contributed by atoms with Gasteiger partial charge in [0.15, 0.2) is 0 Å². The summed E-state index contributed by atoms with van der Waals surface area (Å²) in [7, 11) is 0. The van der Waals surface area contributed by atoms with E-state index >= 15 is 0 Å². The molecule has 11 nitrogen and oxygen atoms in total. The number of aromatic carboxylic acids is 1. The van der Waals surface area contributed by atoms with Crippen LogP contribution >= 0.6 is 13.5 Å². The largest absolute Gasteiger partial charge is 0.489 e. The van der Waals surface area contributed by atoms with Gasteiger partial charge < -0.3 is 14.7 Å². The number of carboxylic acid groups (broad SMARTS) is 1. The highest BCUT2D eigenvalue weighted by Gasteiger charge is 2.30. The lowest BCUT2D eigenvalue weighted by Crippen LogP contribution is -2.31. The van der Waals surface area contributed by atoms with E-state index in [1.807, 2.05) is 0 Å². The third kappa shape index (κ3) is 5.03. The Kier molecular flexibility index (Phi) is 6.95. The van der Waals surface area contributed by atoms with Crippen molar-refractivity contribution in [2.45, 2.75) is 12.5 Å². The van der Waals surface area contributed by atoms with Gasteiger partial charge in [0.25, 0.3) is 17.3 Å². The molecular weight excluding hydrogens is 418 g/mol. The van der Waals surface area contributed by atoms with Gasteiger partial charge in [0.1, 0.15) is 11.9 Å². The highest BCUT2D eigenvalue weighted by atomic mass is 32.1. The molecule has 0 unspecified atom stereocenters. The molecule has 1 N–H and O–H groups in total. The van der Waals surface area contributed by atoms with Crippen molar-refractivity contribution in [3.63, 3.8) is 0 Å². The quantitative estimate of drug-likeness (QED) is 0.536. The number of non-ortho nitro benzene ring substituents is 2. The minimum Gasteiger partial charge on any atom is -0.489 e. The van der Waals surface area contributed by atoms with Gasteiger partial charge in [0.05, 0.1) is 33.6 Å². The molecule has 0 bridgehead atoms. The summed E-state index contributed by atoms with van der Waals surface area (Å²) in [6, 6.07) is 8.64. The molecule has 0 saturated carbocycles. The second-order valence-electron chi connectivity index (χ2n) is 6.36. The number of ether oxygens (including phenoxy) is 1. The smallest absolute Gasteiger partial charge is 0.335 e. The van der Waals surface area contributed by atoms with Gasteiger partial charge in [-0.2, -0.15) is 13.5 Å². The van der Waals surface area contributed by atoms with Gasteiger partial charge in [-0.3, -0.25) is 25.0 Å².